The van der Waals surface area contributed by atoms with Gasteiger partial charge in [-0.05, 0) is 0 Å². The molecule has 0 fully saturated rings. The minimum atomic E-state index is -0.205. The van der Waals surface area contributed by atoms with Crippen LogP contribution in [0.1, 0.15) is 27.7 Å². The summed E-state index contributed by atoms with van der Waals surface area (Å²) in [4.78, 5) is 11.7. The molecular formula is C16H24N4OXe. The Hall–Kier alpha value is -0.729. The van der Waals surface area contributed by atoms with E-state index >= 15 is 0 Å². The zero-order valence-electron chi connectivity index (χ0n) is 13.5. The van der Waals surface area contributed by atoms with Crippen LogP contribution in [0.5, 0.6) is 0 Å². The van der Waals surface area contributed by atoms with Crippen molar-refractivity contribution in [1.29, 1.82) is 0 Å². The molecule has 0 radical (unpaired) electrons. The number of amides is 2. The predicted molar refractivity (Wildman–Crippen MR) is 87.7 cm³/mol. The van der Waals surface area contributed by atoms with Gasteiger partial charge in [-0.25, -0.2) is 0 Å². The van der Waals surface area contributed by atoms with E-state index in [-0.39, 0.29) is 50.2 Å². The molecule has 6 heteroatoms. The standard InChI is InChI=1S/C14H18N4OXe.C2H6/c1-3-15-14(19)16-12-10-13(20-4-2)17-18(12)11-8-6-5-7-9-11;1-2/h5-10H,3-4H2,1-2H3,(H2,15,16,19);1-2H3. The first kappa shape index (κ1) is 19.3. The number of hydrogen-bond acceptors (Lipinski definition) is 2. The van der Waals surface area contributed by atoms with Crippen LogP contribution in [0.15, 0.2) is 36.4 Å². The summed E-state index contributed by atoms with van der Waals surface area (Å²) in [5, 5.41) is 10.2. The second-order valence-corrected chi connectivity index (χ2v) is 7.12. The number of aromatic nitrogens is 2. The fourth-order valence-corrected chi connectivity index (χ4v) is 3.27. The van der Waals surface area contributed by atoms with Crippen molar-refractivity contribution in [2.75, 3.05) is 11.9 Å². The van der Waals surface area contributed by atoms with Crippen LogP contribution in [-0.4, -0.2) is 22.4 Å². The summed E-state index contributed by atoms with van der Waals surface area (Å²) >= 11 is 0.0839. The maximum absolute atomic E-state index is 11.7. The Morgan fingerprint density at radius 3 is 2.50 bits per heavy atom. The van der Waals surface area contributed by atoms with Gasteiger partial charge in [0.15, 0.2) is 0 Å². The Labute approximate surface area is 157 Å². The Morgan fingerprint density at radius 1 is 1.23 bits per heavy atom. The van der Waals surface area contributed by atoms with Crippen molar-refractivity contribution in [2.45, 2.75) is 28.6 Å². The molecule has 0 aliphatic heterocycles. The van der Waals surface area contributed by atoms with E-state index in [9.17, 15) is 4.79 Å². The van der Waals surface area contributed by atoms with Crippen LogP contribution in [0, 0.1) is 44.2 Å². The molecule has 122 valence electrons. The van der Waals surface area contributed by atoms with E-state index in [4.69, 9.17) is 0 Å². The Morgan fingerprint density at radius 2 is 1.91 bits per heavy atom. The van der Waals surface area contributed by atoms with Crippen molar-refractivity contribution in [2.24, 2.45) is 0 Å². The number of para-hydroxylation sites is 1. The molecule has 1 heterocycles. The Bertz CT molecular complexity index is 569. The molecule has 0 aliphatic rings. The summed E-state index contributed by atoms with van der Waals surface area (Å²) in [5.41, 5.74) is 0.946. The molecule has 0 spiro atoms. The van der Waals surface area contributed by atoms with E-state index in [1.165, 1.54) is 0 Å². The number of benzene rings is 1. The predicted octanol–water partition coefficient (Wildman–Crippen LogP) is 3.19. The van der Waals surface area contributed by atoms with Gasteiger partial charge in [-0.15, -0.1) is 0 Å². The van der Waals surface area contributed by atoms with E-state index in [2.05, 4.69) is 22.7 Å². The third-order valence-electron chi connectivity index (χ3n) is 2.51. The normalized spacial score (nSPS) is 9.82. The van der Waals surface area contributed by atoms with Gasteiger partial charge in [-0.3, -0.25) is 0 Å². The van der Waals surface area contributed by atoms with Crippen molar-refractivity contribution < 1.29 is 49.0 Å². The van der Waals surface area contributed by atoms with Gasteiger partial charge in [0.25, 0.3) is 0 Å². The fraction of sp³-hybridized carbons (Fsp3) is 0.375. The zero-order chi connectivity index (χ0) is 16.4. The van der Waals surface area contributed by atoms with Crippen LogP contribution < -0.4 is 10.8 Å². The number of hydrogen-bond donors (Lipinski definition) is 2. The third-order valence-corrected chi connectivity index (χ3v) is 4.44. The molecule has 0 saturated carbocycles. The average Bonchev–Trinajstić information content (AvgIpc) is 2.93. The van der Waals surface area contributed by atoms with E-state index < -0.39 is 0 Å². The molecule has 2 rings (SSSR count). The van der Waals surface area contributed by atoms with Gasteiger partial charge in [0.2, 0.25) is 0 Å². The van der Waals surface area contributed by atoms with E-state index in [1.807, 2.05) is 57.2 Å². The van der Waals surface area contributed by atoms with Crippen LogP contribution in [-0.2, 0) is 0 Å². The molecule has 22 heavy (non-hydrogen) atoms. The van der Waals surface area contributed by atoms with Crippen LogP contribution in [0.25, 0.3) is 5.69 Å². The van der Waals surface area contributed by atoms with Gasteiger partial charge in [-0.2, -0.15) is 0 Å². The second kappa shape index (κ2) is 10.9. The van der Waals surface area contributed by atoms with Gasteiger partial charge in [0.05, 0.1) is 0 Å². The topological polar surface area (TPSA) is 59.0 Å². The monoisotopic (exact) mass is 420 g/mol. The quantitative estimate of drug-likeness (QED) is 0.782. The summed E-state index contributed by atoms with van der Waals surface area (Å²) in [6.07, 6.45) is 0. The van der Waals surface area contributed by atoms with E-state index in [0.717, 1.165) is 6.74 Å². The van der Waals surface area contributed by atoms with Crippen molar-refractivity contribution in [1.82, 2.24) is 15.1 Å². The SMILES string of the molecule is CC.CCNC(=O)Nc1cc([Xe]CC)nn1-c1ccccc1. The van der Waals surface area contributed by atoms with Crippen molar-refractivity contribution in [3.05, 3.63) is 36.4 Å². The number of carbonyl (C=O) groups is 1. The number of urea groups is 1. The van der Waals surface area contributed by atoms with Crippen LogP contribution in [0.3, 0.4) is 0 Å². The van der Waals surface area contributed by atoms with Gasteiger partial charge in [0.1, 0.15) is 0 Å². The van der Waals surface area contributed by atoms with Crippen molar-refractivity contribution in [3.63, 3.8) is 0 Å². The molecule has 0 atom stereocenters. The fourth-order valence-electron chi connectivity index (χ4n) is 1.71. The van der Waals surface area contributed by atoms with Crippen LogP contribution in [0.2, 0.25) is 0.889 Å². The molecule has 2 N–H and O–H groups in total. The minimum absolute atomic E-state index is 0.0839. The van der Waals surface area contributed by atoms with Gasteiger partial charge >= 0.3 is 145 Å². The van der Waals surface area contributed by atoms with Gasteiger partial charge in [-0.1, -0.05) is 13.8 Å². The Kier molecular flexibility index (Phi) is 9.58. The van der Waals surface area contributed by atoms with E-state index in [0.29, 0.717) is 12.4 Å². The molecule has 1 aromatic heterocycles. The van der Waals surface area contributed by atoms with Crippen LogP contribution in [0.4, 0.5) is 10.6 Å². The molecule has 0 unspecified atom stereocenters. The second-order valence-electron chi connectivity index (χ2n) is 3.95. The number of nitrogens with one attached hydrogen (secondary N) is 2. The number of rotatable bonds is 5. The number of anilines is 1. The first-order chi connectivity index (χ1) is 10.7. The summed E-state index contributed by atoms with van der Waals surface area (Å²) < 4.78 is 3.96. The van der Waals surface area contributed by atoms with E-state index in [1.54, 1.807) is 4.68 Å². The summed E-state index contributed by atoms with van der Waals surface area (Å²) in [5.74, 6) is 0.708. The summed E-state index contributed by atoms with van der Waals surface area (Å²) in [6, 6.07) is 11.6. The molecule has 0 aliphatic carbocycles. The van der Waals surface area contributed by atoms with Crippen molar-refractivity contribution >= 4 is 12.0 Å². The number of carbonyl (C=O) groups excluding carboxylic acids is 1. The third kappa shape index (κ3) is 5.81. The summed E-state index contributed by atoms with van der Waals surface area (Å²) in [7, 11) is 0. The molecule has 1 aromatic carbocycles. The Balaban J connectivity index is 0.00000116. The van der Waals surface area contributed by atoms with Crippen molar-refractivity contribution in [3.8, 4) is 5.69 Å². The zero-order valence-corrected chi connectivity index (χ0v) is 15.6. The van der Waals surface area contributed by atoms with Crippen LogP contribution >= 0.6 is 0 Å². The molecule has 2 aromatic rings. The molecule has 2 amide bonds. The molecule has 0 bridgehead atoms. The van der Waals surface area contributed by atoms with Gasteiger partial charge in [0, 0.05) is 0 Å². The average molecular weight is 420 g/mol. The molecular weight excluding hydrogens is 395 g/mol. The molecule has 5 nitrogen and oxygen atoms in total. The van der Waals surface area contributed by atoms with Gasteiger partial charge < -0.3 is 0 Å². The first-order valence-electron chi connectivity index (χ1n) is 7.51. The number of nitrogens with zero attached hydrogens (tertiary/aromatic N) is 2. The molecule has 0 saturated heterocycles. The maximum atomic E-state index is 11.7. The first-order valence-corrected chi connectivity index (χ1v) is 9.94. The summed E-state index contributed by atoms with van der Waals surface area (Å²) in [6.45, 7) is 8.64.